The summed E-state index contributed by atoms with van der Waals surface area (Å²) in [5.74, 6) is 0. The number of para-hydroxylation sites is 2. The van der Waals surface area contributed by atoms with Crippen molar-refractivity contribution in [2.45, 2.75) is 12.7 Å². The Kier molecular flexibility index (Phi) is 4.84. The third kappa shape index (κ3) is 3.87. The fourth-order valence-electron chi connectivity index (χ4n) is 3.35. The zero-order valence-corrected chi connectivity index (χ0v) is 15.3. The second-order valence-corrected chi connectivity index (χ2v) is 6.65. The van der Waals surface area contributed by atoms with Gasteiger partial charge in [0.05, 0.1) is 23.1 Å². The van der Waals surface area contributed by atoms with E-state index >= 15 is 0 Å². The molecular weight excluding hydrogens is 377 g/mol. The number of rotatable bonds is 4. The lowest BCUT2D eigenvalue weighted by Gasteiger charge is -2.10. The summed E-state index contributed by atoms with van der Waals surface area (Å²) in [6, 6.07) is 20.2. The standard InChI is InChI=1S/C23H17F3N2O/c24-23(25,26)19-10-4-3-8-17(19)14-13-16-7-1-2-9-18(16)15-28-21-12-6-5-11-20(21)27-22(28)29/h1-14H,15H2,(H,27,29)/b14-13+. The Morgan fingerprint density at radius 3 is 2.24 bits per heavy atom. The summed E-state index contributed by atoms with van der Waals surface area (Å²) in [4.78, 5) is 15.2. The molecule has 3 aromatic carbocycles. The lowest BCUT2D eigenvalue weighted by molar-refractivity contribution is -0.137. The largest absolute Gasteiger partial charge is 0.416 e. The molecule has 0 atom stereocenters. The minimum atomic E-state index is -4.42. The average Bonchev–Trinajstić information content (AvgIpc) is 3.02. The highest BCUT2D eigenvalue weighted by atomic mass is 19.4. The van der Waals surface area contributed by atoms with E-state index in [0.717, 1.165) is 28.2 Å². The molecule has 0 radical (unpaired) electrons. The van der Waals surface area contributed by atoms with Gasteiger partial charge in [0, 0.05) is 0 Å². The Morgan fingerprint density at radius 2 is 1.45 bits per heavy atom. The maximum atomic E-state index is 13.2. The van der Waals surface area contributed by atoms with Gasteiger partial charge in [-0.05, 0) is 34.9 Å². The maximum Gasteiger partial charge on any atom is 0.416 e. The molecule has 0 saturated heterocycles. The first-order chi connectivity index (χ1) is 13.9. The highest BCUT2D eigenvalue weighted by molar-refractivity contribution is 5.76. The zero-order chi connectivity index (χ0) is 20.4. The van der Waals surface area contributed by atoms with Crippen molar-refractivity contribution < 1.29 is 13.2 Å². The van der Waals surface area contributed by atoms with Crippen LogP contribution in [0.5, 0.6) is 0 Å². The van der Waals surface area contributed by atoms with Crippen LogP contribution in [0.3, 0.4) is 0 Å². The van der Waals surface area contributed by atoms with E-state index in [0.29, 0.717) is 6.54 Å². The van der Waals surface area contributed by atoms with E-state index in [-0.39, 0.29) is 11.3 Å². The first-order valence-corrected chi connectivity index (χ1v) is 9.03. The number of nitrogens with zero attached hydrogens (tertiary/aromatic N) is 1. The van der Waals surface area contributed by atoms with Crippen LogP contribution in [0.4, 0.5) is 13.2 Å². The molecule has 4 aromatic rings. The molecule has 1 aromatic heterocycles. The fraction of sp³-hybridized carbons (Fsp3) is 0.0870. The van der Waals surface area contributed by atoms with Crippen molar-refractivity contribution in [2.24, 2.45) is 0 Å². The summed E-state index contributed by atoms with van der Waals surface area (Å²) in [6.45, 7) is 0.310. The highest BCUT2D eigenvalue weighted by Crippen LogP contribution is 2.32. The summed E-state index contributed by atoms with van der Waals surface area (Å²) < 4.78 is 41.3. The molecule has 29 heavy (non-hydrogen) atoms. The average molecular weight is 394 g/mol. The fourth-order valence-corrected chi connectivity index (χ4v) is 3.35. The zero-order valence-electron chi connectivity index (χ0n) is 15.3. The van der Waals surface area contributed by atoms with Crippen LogP contribution < -0.4 is 5.69 Å². The lowest BCUT2D eigenvalue weighted by Crippen LogP contribution is -2.17. The van der Waals surface area contributed by atoms with Gasteiger partial charge in [0.25, 0.3) is 0 Å². The van der Waals surface area contributed by atoms with Gasteiger partial charge in [-0.25, -0.2) is 4.79 Å². The van der Waals surface area contributed by atoms with Crippen molar-refractivity contribution in [3.8, 4) is 0 Å². The molecule has 0 aliphatic heterocycles. The number of hydrogen-bond acceptors (Lipinski definition) is 1. The number of halogens is 3. The van der Waals surface area contributed by atoms with Crippen molar-refractivity contribution in [1.29, 1.82) is 0 Å². The topological polar surface area (TPSA) is 37.8 Å². The van der Waals surface area contributed by atoms with Gasteiger partial charge in [0.2, 0.25) is 0 Å². The smallest absolute Gasteiger partial charge is 0.306 e. The SMILES string of the molecule is O=c1[nH]c2ccccc2n1Cc1ccccc1/C=C/c1ccccc1C(F)(F)F. The number of nitrogens with one attached hydrogen (secondary N) is 1. The first-order valence-electron chi connectivity index (χ1n) is 9.03. The van der Waals surface area contributed by atoms with Gasteiger partial charge in [0.1, 0.15) is 0 Å². The Labute approximate surface area is 164 Å². The molecule has 3 nitrogen and oxygen atoms in total. The molecule has 0 bridgehead atoms. The molecular formula is C23H17F3N2O. The second kappa shape index (κ2) is 7.47. The molecule has 1 heterocycles. The Morgan fingerprint density at radius 1 is 0.828 bits per heavy atom. The molecule has 0 aliphatic carbocycles. The maximum absolute atomic E-state index is 13.2. The normalized spacial score (nSPS) is 12.1. The molecule has 0 saturated carbocycles. The number of aromatic amines is 1. The van der Waals surface area contributed by atoms with E-state index in [1.54, 1.807) is 16.7 Å². The predicted octanol–water partition coefficient (Wildman–Crippen LogP) is 5.57. The van der Waals surface area contributed by atoms with Crippen molar-refractivity contribution >= 4 is 23.2 Å². The molecule has 1 N–H and O–H groups in total. The van der Waals surface area contributed by atoms with Gasteiger partial charge in [-0.1, -0.05) is 66.7 Å². The van der Waals surface area contributed by atoms with E-state index in [9.17, 15) is 18.0 Å². The van der Waals surface area contributed by atoms with Crippen LogP contribution in [0, 0.1) is 0 Å². The van der Waals surface area contributed by atoms with E-state index in [4.69, 9.17) is 0 Å². The van der Waals surface area contributed by atoms with Crippen LogP contribution in [0.25, 0.3) is 23.2 Å². The number of hydrogen-bond donors (Lipinski definition) is 1. The number of imidazole rings is 1. The van der Waals surface area contributed by atoms with Crippen LogP contribution in [-0.4, -0.2) is 9.55 Å². The monoisotopic (exact) mass is 394 g/mol. The summed E-state index contributed by atoms with van der Waals surface area (Å²) in [6.07, 6.45) is -1.31. The third-order valence-corrected chi connectivity index (χ3v) is 4.77. The van der Waals surface area contributed by atoms with Gasteiger partial charge in [-0.15, -0.1) is 0 Å². The molecule has 0 amide bonds. The molecule has 0 unspecified atom stereocenters. The van der Waals surface area contributed by atoms with Crippen molar-refractivity contribution in [2.75, 3.05) is 0 Å². The first kappa shape index (κ1) is 18.8. The number of aromatic nitrogens is 2. The van der Waals surface area contributed by atoms with Gasteiger partial charge in [0.15, 0.2) is 0 Å². The number of alkyl halides is 3. The third-order valence-electron chi connectivity index (χ3n) is 4.77. The molecule has 0 aliphatic rings. The van der Waals surface area contributed by atoms with Gasteiger partial charge in [-0.3, -0.25) is 4.57 Å². The lowest BCUT2D eigenvalue weighted by atomic mass is 10.0. The van der Waals surface area contributed by atoms with E-state index < -0.39 is 11.7 Å². The molecule has 146 valence electrons. The highest BCUT2D eigenvalue weighted by Gasteiger charge is 2.32. The minimum Gasteiger partial charge on any atom is -0.306 e. The van der Waals surface area contributed by atoms with Gasteiger partial charge < -0.3 is 4.98 Å². The summed E-state index contributed by atoms with van der Waals surface area (Å²) in [7, 11) is 0. The van der Waals surface area contributed by atoms with Crippen molar-refractivity contribution in [3.63, 3.8) is 0 Å². The Balaban J connectivity index is 1.71. The Hall–Kier alpha value is -3.54. The van der Waals surface area contributed by atoms with Gasteiger partial charge in [-0.2, -0.15) is 13.2 Å². The summed E-state index contributed by atoms with van der Waals surface area (Å²) in [5.41, 5.74) is 2.29. The van der Waals surface area contributed by atoms with Crippen molar-refractivity contribution in [3.05, 3.63) is 106 Å². The quantitative estimate of drug-likeness (QED) is 0.452. The number of H-pyrrole nitrogens is 1. The Bertz CT molecular complexity index is 1250. The van der Waals surface area contributed by atoms with Crippen LogP contribution in [0.2, 0.25) is 0 Å². The molecule has 4 rings (SSSR count). The van der Waals surface area contributed by atoms with Crippen LogP contribution >= 0.6 is 0 Å². The van der Waals surface area contributed by atoms with Crippen molar-refractivity contribution in [1.82, 2.24) is 9.55 Å². The second-order valence-electron chi connectivity index (χ2n) is 6.65. The number of fused-ring (bicyclic) bond motifs is 1. The predicted molar refractivity (Wildman–Crippen MR) is 108 cm³/mol. The minimum absolute atomic E-state index is 0.0964. The van der Waals surface area contributed by atoms with E-state index in [1.807, 2.05) is 48.5 Å². The van der Waals surface area contributed by atoms with Crippen LogP contribution in [0.15, 0.2) is 77.6 Å². The van der Waals surface area contributed by atoms with Crippen LogP contribution in [0.1, 0.15) is 22.3 Å². The molecule has 6 heteroatoms. The molecule has 0 fully saturated rings. The summed E-state index contributed by atoms with van der Waals surface area (Å²) >= 11 is 0. The van der Waals surface area contributed by atoms with Gasteiger partial charge >= 0.3 is 11.9 Å². The van der Waals surface area contributed by atoms with E-state index in [1.165, 1.54) is 18.2 Å². The summed E-state index contributed by atoms with van der Waals surface area (Å²) in [5, 5.41) is 0. The van der Waals surface area contributed by atoms with E-state index in [2.05, 4.69) is 4.98 Å². The molecule has 0 spiro atoms. The number of benzene rings is 3. The van der Waals surface area contributed by atoms with Crippen LogP contribution in [-0.2, 0) is 12.7 Å².